The van der Waals surface area contributed by atoms with E-state index in [9.17, 15) is 9.59 Å². The SMILES string of the molecule is O=C(COc1ccc(Cl)cc1)NC1CCN(C(=O)O)CC1. The van der Waals surface area contributed by atoms with Gasteiger partial charge in [-0.25, -0.2) is 4.79 Å². The fraction of sp³-hybridized carbons (Fsp3) is 0.429. The maximum atomic E-state index is 11.8. The Bertz CT molecular complexity index is 498. The number of benzene rings is 1. The molecule has 0 atom stereocenters. The van der Waals surface area contributed by atoms with Crippen LogP contribution in [-0.2, 0) is 4.79 Å². The van der Waals surface area contributed by atoms with Crippen LogP contribution in [0.3, 0.4) is 0 Å². The Morgan fingerprint density at radius 3 is 2.48 bits per heavy atom. The zero-order valence-corrected chi connectivity index (χ0v) is 12.2. The van der Waals surface area contributed by atoms with Gasteiger partial charge in [-0.3, -0.25) is 4.79 Å². The third kappa shape index (κ3) is 4.82. The highest BCUT2D eigenvalue weighted by Crippen LogP contribution is 2.15. The van der Waals surface area contributed by atoms with Crippen molar-refractivity contribution in [1.82, 2.24) is 10.2 Å². The molecule has 0 saturated carbocycles. The number of nitrogens with zero attached hydrogens (tertiary/aromatic N) is 1. The molecule has 1 aromatic carbocycles. The van der Waals surface area contributed by atoms with Gasteiger partial charge in [0.15, 0.2) is 6.61 Å². The first-order valence-corrected chi connectivity index (χ1v) is 7.08. The summed E-state index contributed by atoms with van der Waals surface area (Å²) in [5, 5.41) is 12.3. The number of carbonyl (C=O) groups is 2. The number of hydrogen-bond donors (Lipinski definition) is 2. The van der Waals surface area contributed by atoms with Crippen molar-refractivity contribution in [2.75, 3.05) is 19.7 Å². The summed E-state index contributed by atoms with van der Waals surface area (Å²) in [5.41, 5.74) is 0. The number of likely N-dealkylation sites (tertiary alicyclic amines) is 1. The second-order valence-electron chi connectivity index (χ2n) is 4.85. The molecule has 2 rings (SSSR count). The maximum Gasteiger partial charge on any atom is 0.407 e. The van der Waals surface area contributed by atoms with Crippen LogP contribution in [-0.4, -0.2) is 47.7 Å². The molecule has 1 saturated heterocycles. The van der Waals surface area contributed by atoms with Gasteiger partial charge in [0.1, 0.15) is 5.75 Å². The lowest BCUT2D eigenvalue weighted by atomic mass is 10.1. The molecule has 0 aliphatic carbocycles. The second-order valence-corrected chi connectivity index (χ2v) is 5.29. The van der Waals surface area contributed by atoms with Gasteiger partial charge < -0.3 is 20.1 Å². The molecule has 0 aromatic heterocycles. The molecule has 21 heavy (non-hydrogen) atoms. The Morgan fingerprint density at radius 2 is 1.90 bits per heavy atom. The predicted molar refractivity (Wildman–Crippen MR) is 77.7 cm³/mol. The summed E-state index contributed by atoms with van der Waals surface area (Å²) in [5.74, 6) is 0.369. The van der Waals surface area contributed by atoms with Crippen molar-refractivity contribution in [2.45, 2.75) is 18.9 Å². The summed E-state index contributed by atoms with van der Waals surface area (Å²) < 4.78 is 5.35. The summed E-state index contributed by atoms with van der Waals surface area (Å²) in [6, 6.07) is 6.77. The number of ether oxygens (including phenoxy) is 1. The van der Waals surface area contributed by atoms with Crippen LogP contribution >= 0.6 is 11.6 Å². The summed E-state index contributed by atoms with van der Waals surface area (Å²) in [7, 11) is 0. The van der Waals surface area contributed by atoms with Crippen molar-refractivity contribution < 1.29 is 19.4 Å². The van der Waals surface area contributed by atoms with Crippen LogP contribution in [0.1, 0.15) is 12.8 Å². The highest BCUT2D eigenvalue weighted by Gasteiger charge is 2.23. The minimum Gasteiger partial charge on any atom is -0.484 e. The summed E-state index contributed by atoms with van der Waals surface area (Å²) in [6.07, 6.45) is 0.337. The Labute approximate surface area is 127 Å². The Hall–Kier alpha value is -1.95. The third-order valence-electron chi connectivity index (χ3n) is 3.31. The van der Waals surface area contributed by atoms with Gasteiger partial charge in [-0.1, -0.05) is 11.6 Å². The van der Waals surface area contributed by atoms with Crippen molar-refractivity contribution in [3.8, 4) is 5.75 Å². The number of carbonyl (C=O) groups excluding carboxylic acids is 1. The fourth-order valence-corrected chi connectivity index (χ4v) is 2.29. The van der Waals surface area contributed by atoms with Crippen LogP contribution in [0.5, 0.6) is 5.75 Å². The minimum absolute atomic E-state index is 0.00178. The lowest BCUT2D eigenvalue weighted by molar-refractivity contribution is -0.124. The molecule has 2 N–H and O–H groups in total. The van der Waals surface area contributed by atoms with Crippen LogP contribution in [0.4, 0.5) is 4.79 Å². The standard InChI is InChI=1S/C14H17ClN2O4/c15-10-1-3-12(4-2-10)21-9-13(18)16-11-5-7-17(8-6-11)14(19)20/h1-4,11H,5-9H2,(H,16,18)(H,19,20). The van der Waals surface area contributed by atoms with E-state index in [1.165, 1.54) is 4.90 Å². The van der Waals surface area contributed by atoms with Crippen molar-refractivity contribution in [3.05, 3.63) is 29.3 Å². The number of amides is 2. The number of piperidine rings is 1. The molecule has 0 bridgehead atoms. The molecule has 1 heterocycles. The van der Waals surface area contributed by atoms with E-state index in [1.54, 1.807) is 24.3 Å². The van der Waals surface area contributed by atoms with Gasteiger partial charge >= 0.3 is 6.09 Å². The van der Waals surface area contributed by atoms with Crippen molar-refractivity contribution >= 4 is 23.6 Å². The summed E-state index contributed by atoms with van der Waals surface area (Å²) >= 11 is 5.76. The van der Waals surface area contributed by atoms with Gasteiger partial charge in [0.05, 0.1) is 0 Å². The van der Waals surface area contributed by atoms with Gasteiger partial charge in [0.25, 0.3) is 5.91 Å². The number of rotatable bonds is 4. The first kappa shape index (κ1) is 15.4. The Kier molecular flexibility index (Phi) is 5.27. The molecule has 7 heteroatoms. The van der Waals surface area contributed by atoms with E-state index in [-0.39, 0.29) is 18.6 Å². The average molecular weight is 313 g/mol. The smallest absolute Gasteiger partial charge is 0.407 e. The van der Waals surface area contributed by atoms with Crippen molar-refractivity contribution in [3.63, 3.8) is 0 Å². The molecule has 1 aliphatic rings. The van der Waals surface area contributed by atoms with E-state index in [2.05, 4.69) is 5.32 Å². The minimum atomic E-state index is -0.911. The fourth-order valence-electron chi connectivity index (χ4n) is 2.16. The van der Waals surface area contributed by atoms with Gasteiger partial charge in [0, 0.05) is 24.2 Å². The number of nitrogens with one attached hydrogen (secondary N) is 1. The monoisotopic (exact) mass is 312 g/mol. The van der Waals surface area contributed by atoms with Gasteiger partial charge in [-0.05, 0) is 37.1 Å². The normalized spacial score (nSPS) is 15.6. The number of hydrogen-bond acceptors (Lipinski definition) is 3. The molecule has 114 valence electrons. The highest BCUT2D eigenvalue weighted by molar-refractivity contribution is 6.30. The Morgan fingerprint density at radius 1 is 1.29 bits per heavy atom. The summed E-state index contributed by atoms with van der Waals surface area (Å²) in [4.78, 5) is 23.9. The van der Waals surface area contributed by atoms with Crippen LogP contribution in [0, 0.1) is 0 Å². The second kappa shape index (κ2) is 7.17. The average Bonchev–Trinajstić information content (AvgIpc) is 2.47. The van der Waals surface area contributed by atoms with E-state index in [0.717, 1.165) is 0 Å². The topological polar surface area (TPSA) is 78.9 Å². The van der Waals surface area contributed by atoms with Gasteiger partial charge in [-0.2, -0.15) is 0 Å². The molecule has 1 aliphatic heterocycles. The van der Waals surface area contributed by atoms with Gasteiger partial charge in [0.2, 0.25) is 0 Å². The van der Waals surface area contributed by atoms with Crippen LogP contribution in [0.25, 0.3) is 0 Å². The number of carboxylic acid groups (broad SMARTS) is 1. The van der Waals surface area contributed by atoms with Crippen LogP contribution in [0.2, 0.25) is 5.02 Å². The first-order chi connectivity index (χ1) is 10.0. The lowest BCUT2D eigenvalue weighted by Gasteiger charge is -2.30. The van der Waals surface area contributed by atoms with Crippen molar-refractivity contribution in [2.24, 2.45) is 0 Å². The first-order valence-electron chi connectivity index (χ1n) is 6.70. The van der Waals surface area contributed by atoms with Crippen LogP contribution < -0.4 is 10.1 Å². The highest BCUT2D eigenvalue weighted by atomic mass is 35.5. The zero-order chi connectivity index (χ0) is 15.2. The third-order valence-corrected chi connectivity index (χ3v) is 3.57. The molecule has 0 spiro atoms. The molecule has 1 fully saturated rings. The van der Waals surface area contributed by atoms with Crippen molar-refractivity contribution in [1.29, 1.82) is 0 Å². The van der Waals surface area contributed by atoms with E-state index >= 15 is 0 Å². The largest absolute Gasteiger partial charge is 0.484 e. The Balaban J connectivity index is 1.70. The number of halogens is 1. The van der Waals surface area contributed by atoms with E-state index < -0.39 is 6.09 Å². The van der Waals surface area contributed by atoms with Gasteiger partial charge in [-0.15, -0.1) is 0 Å². The molecule has 0 unspecified atom stereocenters. The molecule has 2 amide bonds. The van der Waals surface area contributed by atoms with E-state index in [1.807, 2.05) is 0 Å². The molecule has 0 radical (unpaired) electrons. The van der Waals surface area contributed by atoms with E-state index in [4.69, 9.17) is 21.4 Å². The lowest BCUT2D eigenvalue weighted by Crippen LogP contribution is -2.47. The molecular weight excluding hydrogens is 296 g/mol. The molecule has 6 nitrogen and oxygen atoms in total. The summed E-state index contributed by atoms with van der Waals surface area (Å²) in [6.45, 7) is 0.817. The quantitative estimate of drug-likeness (QED) is 0.891. The van der Waals surface area contributed by atoms with E-state index in [0.29, 0.717) is 36.7 Å². The molecule has 1 aromatic rings. The zero-order valence-electron chi connectivity index (χ0n) is 11.4. The van der Waals surface area contributed by atoms with Crippen LogP contribution in [0.15, 0.2) is 24.3 Å². The predicted octanol–water partition coefficient (Wildman–Crippen LogP) is 1.98. The maximum absolute atomic E-state index is 11.8. The molecular formula is C14H17ClN2O4.